The van der Waals surface area contributed by atoms with Crippen molar-refractivity contribution in [2.24, 2.45) is 17.8 Å². The predicted molar refractivity (Wildman–Crippen MR) is 127 cm³/mol. The molecular weight excluding hydrogens is 552 g/mol. The fourth-order valence-electron chi connectivity index (χ4n) is 6.59. The van der Waals surface area contributed by atoms with E-state index in [1.807, 2.05) is 6.92 Å². The van der Waals surface area contributed by atoms with Gasteiger partial charge in [0.1, 0.15) is 24.4 Å². The van der Waals surface area contributed by atoms with Gasteiger partial charge in [-0.3, -0.25) is 24.0 Å². The van der Waals surface area contributed by atoms with Crippen LogP contribution in [-0.4, -0.2) is 104 Å². The monoisotopic (exact) mass is 586 g/mol. The van der Waals surface area contributed by atoms with E-state index >= 15 is 0 Å². The van der Waals surface area contributed by atoms with Crippen molar-refractivity contribution in [3.63, 3.8) is 0 Å². The number of ether oxygens (including phenoxy) is 10. The molecule has 0 aromatic rings. The molecule has 5 fully saturated rings. The van der Waals surface area contributed by atoms with Crippen molar-refractivity contribution in [2.45, 2.75) is 103 Å². The standard InChI is InChI=1S/C26H34O15/c1-9(27)32-8-15-18(34-10(2)28)20(35-11(3)29)21(36-12(4)30)25(38-15)40-23-14-7-33-19-16(14)17(26(6)22(19)41-26)24(39-23)37-13(5)31/h14-25H,7-8H2,1-6H3/t14-,15+,16+,17+,18+,19+,20-,21+,22+,23-,24+,25-,26-/m0/s1. The van der Waals surface area contributed by atoms with Crippen molar-refractivity contribution >= 4 is 29.8 Å². The van der Waals surface area contributed by atoms with E-state index in [1.165, 1.54) is 13.8 Å². The van der Waals surface area contributed by atoms with Gasteiger partial charge in [-0.1, -0.05) is 0 Å². The highest BCUT2D eigenvalue weighted by Crippen LogP contribution is 2.65. The van der Waals surface area contributed by atoms with Gasteiger partial charge in [0.25, 0.3) is 0 Å². The molecule has 0 unspecified atom stereocenters. The Hall–Kier alpha value is -2.85. The largest absolute Gasteiger partial charge is 0.463 e. The molecule has 228 valence electrons. The number of carbonyl (C=O) groups is 5. The Morgan fingerprint density at radius 2 is 1.34 bits per heavy atom. The quantitative estimate of drug-likeness (QED) is 0.206. The summed E-state index contributed by atoms with van der Waals surface area (Å²) < 4.78 is 57.5. The maximum Gasteiger partial charge on any atom is 0.304 e. The molecule has 0 bridgehead atoms. The van der Waals surface area contributed by atoms with E-state index in [0.717, 1.165) is 20.8 Å². The first kappa shape index (κ1) is 29.6. The van der Waals surface area contributed by atoms with E-state index in [2.05, 4.69) is 0 Å². The van der Waals surface area contributed by atoms with Crippen LogP contribution in [0.3, 0.4) is 0 Å². The van der Waals surface area contributed by atoms with E-state index in [0.29, 0.717) is 0 Å². The van der Waals surface area contributed by atoms with Gasteiger partial charge >= 0.3 is 29.8 Å². The van der Waals surface area contributed by atoms with E-state index in [9.17, 15) is 24.0 Å². The third-order valence-electron chi connectivity index (χ3n) is 8.03. The second-order valence-corrected chi connectivity index (χ2v) is 11.0. The van der Waals surface area contributed by atoms with Crippen LogP contribution in [0.4, 0.5) is 0 Å². The Labute approximate surface area is 235 Å². The van der Waals surface area contributed by atoms with Gasteiger partial charge in [0, 0.05) is 46.5 Å². The molecule has 0 radical (unpaired) electrons. The smallest absolute Gasteiger partial charge is 0.304 e. The Morgan fingerprint density at radius 3 is 1.95 bits per heavy atom. The molecule has 4 saturated heterocycles. The molecule has 15 heteroatoms. The van der Waals surface area contributed by atoms with Crippen LogP contribution in [0, 0.1) is 17.8 Å². The lowest BCUT2D eigenvalue weighted by Crippen LogP contribution is -2.64. The molecule has 0 N–H and O–H groups in total. The van der Waals surface area contributed by atoms with Crippen molar-refractivity contribution < 1.29 is 71.3 Å². The van der Waals surface area contributed by atoms with Crippen molar-refractivity contribution in [1.29, 1.82) is 0 Å². The lowest BCUT2D eigenvalue weighted by molar-refractivity contribution is -0.380. The van der Waals surface area contributed by atoms with Crippen molar-refractivity contribution in [3.05, 3.63) is 0 Å². The Morgan fingerprint density at radius 1 is 0.732 bits per heavy atom. The summed E-state index contributed by atoms with van der Waals surface area (Å²) in [5, 5.41) is 0. The fourth-order valence-corrected chi connectivity index (χ4v) is 6.59. The topological polar surface area (TPSA) is 181 Å². The van der Waals surface area contributed by atoms with E-state index < -0.39 is 85.3 Å². The van der Waals surface area contributed by atoms with Crippen LogP contribution in [-0.2, 0) is 71.3 Å². The third-order valence-corrected chi connectivity index (χ3v) is 8.03. The van der Waals surface area contributed by atoms with Gasteiger partial charge < -0.3 is 47.4 Å². The average Bonchev–Trinajstić information content (AvgIpc) is 3.22. The Balaban J connectivity index is 1.46. The molecule has 0 aromatic heterocycles. The Bertz CT molecular complexity index is 1090. The summed E-state index contributed by atoms with van der Waals surface area (Å²) in [7, 11) is 0. The highest BCUT2D eigenvalue weighted by Gasteiger charge is 2.79. The number of rotatable bonds is 8. The van der Waals surface area contributed by atoms with Crippen LogP contribution in [0.25, 0.3) is 0 Å². The lowest BCUT2D eigenvalue weighted by atomic mass is 9.78. The van der Waals surface area contributed by atoms with Gasteiger partial charge in [0.05, 0.1) is 18.6 Å². The molecule has 13 atom stereocenters. The summed E-state index contributed by atoms with van der Waals surface area (Å²) in [4.78, 5) is 59.8. The maximum absolute atomic E-state index is 12.2. The maximum atomic E-state index is 12.2. The van der Waals surface area contributed by atoms with Crippen LogP contribution in [0.5, 0.6) is 0 Å². The zero-order valence-electron chi connectivity index (χ0n) is 23.5. The predicted octanol–water partition coefficient (Wildman–Crippen LogP) is -0.250. The minimum atomic E-state index is -1.46. The van der Waals surface area contributed by atoms with Gasteiger partial charge in [0.2, 0.25) is 12.6 Å². The van der Waals surface area contributed by atoms with Crippen LogP contribution < -0.4 is 0 Å². The normalized spacial score (nSPS) is 43.7. The number of carbonyl (C=O) groups excluding carboxylic acids is 5. The van der Waals surface area contributed by atoms with E-state index in [1.54, 1.807) is 0 Å². The zero-order valence-corrected chi connectivity index (χ0v) is 23.5. The number of hydrogen-bond acceptors (Lipinski definition) is 15. The third kappa shape index (κ3) is 5.65. The van der Waals surface area contributed by atoms with Crippen LogP contribution in [0.2, 0.25) is 0 Å². The summed E-state index contributed by atoms with van der Waals surface area (Å²) in [6, 6.07) is 0. The molecule has 5 rings (SSSR count). The first-order chi connectivity index (χ1) is 19.3. The van der Waals surface area contributed by atoms with Gasteiger partial charge in [0.15, 0.2) is 24.6 Å². The summed E-state index contributed by atoms with van der Waals surface area (Å²) >= 11 is 0. The number of hydrogen-bond donors (Lipinski definition) is 0. The van der Waals surface area contributed by atoms with Gasteiger partial charge in [-0.05, 0) is 6.92 Å². The first-order valence-corrected chi connectivity index (χ1v) is 13.4. The fraction of sp³-hybridized carbons (Fsp3) is 0.808. The van der Waals surface area contributed by atoms with Crippen LogP contribution >= 0.6 is 0 Å². The van der Waals surface area contributed by atoms with Gasteiger partial charge in [-0.2, -0.15) is 0 Å². The molecule has 0 spiro atoms. The Kier molecular flexibility index (Phi) is 8.02. The minimum Gasteiger partial charge on any atom is -0.463 e. The number of esters is 5. The second-order valence-electron chi connectivity index (χ2n) is 11.0. The molecule has 1 aliphatic carbocycles. The first-order valence-electron chi connectivity index (χ1n) is 13.4. The summed E-state index contributed by atoms with van der Waals surface area (Å²) in [6.07, 6.45) is -9.40. The molecule has 0 aromatic carbocycles. The van der Waals surface area contributed by atoms with E-state index in [4.69, 9.17) is 47.4 Å². The van der Waals surface area contributed by atoms with Gasteiger partial charge in [-0.25, -0.2) is 0 Å². The number of epoxide rings is 1. The summed E-state index contributed by atoms with van der Waals surface area (Å²) in [5.74, 6) is -4.31. The number of fused-ring (bicyclic) bond motifs is 3. The molecule has 4 aliphatic heterocycles. The highest BCUT2D eigenvalue weighted by atomic mass is 16.8. The van der Waals surface area contributed by atoms with Crippen LogP contribution in [0.1, 0.15) is 41.5 Å². The molecule has 5 aliphatic rings. The SMILES string of the molecule is CC(=O)OC[C@H]1O[C@@H](O[C@@H]2O[C@@H](OC(C)=O)[C@H]3[C@H]4[C@@H]2CO[C@H]4[C@H]2O[C@@]32C)[C@H](OC(C)=O)[C@@H](OC(C)=O)[C@@H]1OC(C)=O. The molecule has 41 heavy (non-hydrogen) atoms. The second kappa shape index (κ2) is 11.1. The van der Waals surface area contributed by atoms with E-state index in [-0.39, 0.29) is 36.6 Å². The minimum absolute atomic E-state index is 0.146. The van der Waals surface area contributed by atoms with Crippen LogP contribution in [0.15, 0.2) is 0 Å². The molecule has 15 nitrogen and oxygen atoms in total. The summed E-state index contributed by atoms with van der Waals surface area (Å²) in [5.41, 5.74) is -0.590. The zero-order chi connectivity index (χ0) is 29.8. The summed E-state index contributed by atoms with van der Waals surface area (Å²) in [6.45, 7) is 7.58. The molecule has 4 heterocycles. The van der Waals surface area contributed by atoms with Crippen molar-refractivity contribution in [3.8, 4) is 0 Å². The molecular formula is C26H34O15. The van der Waals surface area contributed by atoms with Crippen molar-refractivity contribution in [2.75, 3.05) is 13.2 Å². The molecule has 1 saturated carbocycles. The molecule has 0 amide bonds. The average molecular weight is 587 g/mol. The van der Waals surface area contributed by atoms with Gasteiger partial charge in [-0.15, -0.1) is 0 Å². The highest BCUT2D eigenvalue weighted by molar-refractivity contribution is 5.69. The lowest BCUT2D eigenvalue weighted by Gasteiger charge is -2.47. The van der Waals surface area contributed by atoms with Crippen molar-refractivity contribution in [1.82, 2.24) is 0 Å².